The number of nitrogens with zero attached hydrogens (tertiary/aromatic N) is 3. The molecule has 8 heteroatoms. The predicted molar refractivity (Wildman–Crippen MR) is 107 cm³/mol. The van der Waals surface area contributed by atoms with E-state index in [0.717, 1.165) is 11.3 Å². The number of hydrogen-bond acceptors (Lipinski definition) is 5. The summed E-state index contributed by atoms with van der Waals surface area (Å²) in [6.07, 6.45) is 0. The van der Waals surface area contributed by atoms with Crippen LogP contribution in [-0.4, -0.2) is 49.0 Å². The molecule has 1 N–H and O–H groups in total. The highest BCUT2D eigenvalue weighted by atomic mass is 35.5. The second-order valence-corrected chi connectivity index (χ2v) is 6.86. The van der Waals surface area contributed by atoms with Crippen molar-refractivity contribution >= 4 is 34.6 Å². The highest BCUT2D eigenvalue weighted by molar-refractivity contribution is 6.31. The number of nitro benzene ring substituents is 1. The zero-order valence-electron chi connectivity index (χ0n) is 15.2. The monoisotopic (exact) mass is 388 g/mol. The fourth-order valence-electron chi connectivity index (χ4n) is 3.16. The maximum Gasteiger partial charge on any atom is 0.292 e. The van der Waals surface area contributed by atoms with Crippen LogP contribution in [0.4, 0.5) is 17.1 Å². The van der Waals surface area contributed by atoms with Gasteiger partial charge in [0, 0.05) is 55.6 Å². The first kappa shape index (κ1) is 19.0. The topological polar surface area (TPSA) is 78.7 Å². The number of nitrogens with one attached hydrogen (secondary N) is 1. The number of rotatable bonds is 4. The summed E-state index contributed by atoms with van der Waals surface area (Å²) < 4.78 is 0. The molecule has 1 amide bonds. The summed E-state index contributed by atoms with van der Waals surface area (Å²) in [6, 6.07) is 10.4. The van der Waals surface area contributed by atoms with Crippen LogP contribution in [0.2, 0.25) is 5.02 Å². The Bertz CT molecular complexity index is 879. The molecule has 1 heterocycles. The second kappa shape index (κ2) is 7.84. The molecule has 0 aromatic heterocycles. The van der Waals surface area contributed by atoms with Gasteiger partial charge in [-0.2, -0.15) is 0 Å². The Morgan fingerprint density at radius 3 is 2.44 bits per heavy atom. The second-order valence-electron chi connectivity index (χ2n) is 6.45. The maximum absolute atomic E-state index is 12.7. The standard InChI is InChI=1S/C19H21ClN4O3/c1-13-3-4-14(11-16(13)20)19(25)23-9-7-22(8-10-23)15-5-6-18(24(26)27)17(12-15)21-2/h3-6,11-12,21H,7-10H2,1-2H3. The third kappa shape index (κ3) is 3.98. The van der Waals surface area contributed by atoms with Gasteiger partial charge in [0.1, 0.15) is 5.69 Å². The molecule has 1 aliphatic heterocycles. The summed E-state index contributed by atoms with van der Waals surface area (Å²) >= 11 is 6.13. The van der Waals surface area contributed by atoms with Crippen LogP contribution >= 0.6 is 11.6 Å². The third-order valence-corrected chi connectivity index (χ3v) is 5.20. The Morgan fingerprint density at radius 2 is 1.85 bits per heavy atom. The highest BCUT2D eigenvalue weighted by Gasteiger charge is 2.24. The minimum Gasteiger partial charge on any atom is -0.383 e. The predicted octanol–water partition coefficient (Wildman–Crippen LogP) is 3.56. The molecule has 0 unspecified atom stereocenters. The number of carbonyl (C=O) groups is 1. The normalized spacial score (nSPS) is 14.2. The SMILES string of the molecule is CNc1cc(N2CCN(C(=O)c3ccc(C)c(Cl)c3)CC2)ccc1[N+](=O)[O-]. The number of benzene rings is 2. The molecule has 2 aromatic carbocycles. The molecule has 1 fully saturated rings. The van der Waals surface area contributed by atoms with Gasteiger partial charge in [-0.05, 0) is 36.8 Å². The number of hydrogen-bond donors (Lipinski definition) is 1. The minimum absolute atomic E-state index is 0.0313. The van der Waals surface area contributed by atoms with Crippen molar-refractivity contribution in [3.8, 4) is 0 Å². The quantitative estimate of drug-likeness (QED) is 0.640. The van der Waals surface area contributed by atoms with Gasteiger partial charge in [0.2, 0.25) is 0 Å². The van der Waals surface area contributed by atoms with Crippen molar-refractivity contribution in [1.29, 1.82) is 0 Å². The molecular weight excluding hydrogens is 368 g/mol. The summed E-state index contributed by atoms with van der Waals surface area (Å²) in [4.78, 5) is 27.3. The van der Waals surface area contributed by atoms with Crippen LogP contribution in [0.25, 0.3) is 0 Å². The van der Waals surface area contributed by atoms with Crippen molar-refractivity contribution < 1.29 is 9.72 Å². The number of anilines is 2. The molecule has 0 saturated carbocycles. The number of halogens is 1. The third-order valence-electron chi connectivity index (χ3n) is 4.80. The number of nitro groups is 1. The van der Waals surface area contributed by atoms with Crippen LogP contribution in [0, 0.1) is 17.0 Å². The summed E-state index contributed by atoms with van der Waals surface area (Å²) in [5.41, 5.74) is 2.95. The van der Waals surface area contributed by atoms with E-state index < -0.39 is 4.92 Å². The fourth-order valence-corrected chi connectivity index (χ4v) is 3.34. The fraction of sp³-hybridized carbons (Fsp3) is 0.316. The molecule has 2 aromatic rings. The first-order valence-corrected chi connectivity index (χ1v) is 9.05. The van der Waals surface area contributed by atoms with Gasteiger partial charge in [0.25, 0.3) is 11.6 Å². The van der Waals surface area contributed by atoms with Crippen LogP contribution in [0.15, 0.2) is 36.4 Å². The summed E-state index contributed by atoms with van der Waals surface area (Å²) in [7, 11) is 1.66. The van der Waals surface area contributed by atoms with E-state index in [2.05, 4.69) is 10.2 Å². The van der Waals surface area contributed by atoms with Gasteiger partial charge < -0.3 is 15.1 Å². The number of piperazine rings is 1. The van der Waals surface area contributed by atoms with Crippen LogP contribution < -0.4 is 10.2 Å². The van der Waals surface area contributed by atoms with Crippen LogP contribution in [0.5, 0.6) is 0 Å². The summed E-state index contributed by atoms with van der Waals surface area (Å²) in [5, 5.41) is 14.5. The van der Waals surface area contributed by atoms with E-state index >= 15 is 0 Å². The molecular formula is C19H21ClN4O3. The van der Waals surface area contributed by atoms with E-state index in [1.165, 1.54) is 6.07 Å². The highest BCUT2D eigenvalue weighted by Crippen LogP contribution is 2.30. The number of amides is 1. The largest absolute Gasteiger partial charge is 0.383 e. The molecule has 27 heavy (non-hydrogen) atoms. The molecule has 1 aliphatic rings. The van der Waals surface area contributed by atoms with E-state index in [1.54, 1.807) is 31.3 Å². The maximum atomic E-state index is 12.7. The lowest BCUT2D eigenvalue weighted by Gasteiger charge is -2.36. The zero-order valence-corrected chi connectivity index (χ0v) is 16.0. The van der Waals surface area contributed by atoms with Gasteiger partial charge in [-0.1, -0.05) is 17.7 Å². The van der Waals surface area contributed by atoms with E-state index in [9.17, 15) is 14.9 Å². The van der Waals surface area contributed by atoms with E-state index in [4.69, 9.17) is 11.6 Å². The number of carbonyl (C=O) groups excluding carboxylic acids is 1. The van der Waals surface area contributed by atoms with Gasteiger partial charge in [0.05, 0.1) is 4.92 Å². The molecule has 0 bridgehead atoms. The van der Waals surface area contributed by atoms with Gasteiger partial charge in [-0.15, -0.1) is 0 Å². The van der Waals surface area contributed by atoms with E-state index in [-0.39, 0.29) is 11.6 Å². The van der Waals surface area contributed by atoms with E-state index in [0.29, 0.717) is 42.5 Å². The Kier molecular flexibility index (Phi) is 5.51. The smallest absolute Gasteiger partial charge is 0.292 e. The van der Waals surface area contributed by atoms with Gasteiger partial charge in [-0.25, -0.2) is 0 Å². The van der Waals surface area contributed by atoms with Crippen molar-refractivity contribution in [2.75, 3.05) is 43.4 Å². The van der Waals surface area contributed by atoms with Gasteiger partial charge >= 0.3 is 0 Å². The lowest BCUT2D eigenvalue weighted by atomic mass is 10.1. The molecule has 3 rings (SSSR count). The Labute approximate surface area is 162 Å². The Hall–Kier alpha value is -2.80. The molecule has 0 spiro atoms. The lowest BCUT2D eigenvalue weighted by molar-refractivity contribution is -0.383. The Balaban J connectivity index is 1.69. The van der Waals surface area contributed by atoms with Crippen LogP contribution in [0.1, 0.15) is 15.9 Å². The summed E-state index contributed by atoms with van der Waals surface area (Å²) in [5.74, 6) is -0.0313. The van der Waals surface area contributed by atoms with Crippen LogP contribution in [-0.2, 0) is 0 Å². The van der Waals surface area contributed by atoms with Crippen molar-refractivity contribution in [1.82, 2.24) is 4.90 Å². The van der Waals surface area contributed by atoms with Crippen molar-refractivity contribution in [2.24, 2.45) is 0 Å². The van der Waals surface area contributed by atoms with Crippen molar-refractivity contribution in [2.45, 2.75) is 6.92 Å². The first-order valence-electron chi connectivity index (χ1n) is 8.67. The van der Waals surface area contributed by atoms with Crippen LogP contribution in [0.3, 0.4) is 0 Å². The molecule has 0 aliphatic carbocycles. The first-order chi connectivity index (χ1) is 12.9. The zero-order chi connectivity index (χ0) is 19.6. The average Bonchev–Trinajstić information content (AvgIpc) is 2.69. The lowest BCUT2D eigenvalue weighted by Crippen LogP contribution is -2.48. The van der Waals surface area contributed by atoms with Gasteiger partial charge in [0.15, 0.2) is 0 Å². The summed E-state index contributed by atoms with van der Waals surface area (Å²) in [6.45, 7) is 4.38. The minimum atomic E-state index is -0.404. The molecule has 142 valence electrons. The van der Waals surface area contributed by atoms with Gasteiger partial charge in [-0.3, -0.25) is 14.9 Å². The molecule has 0 atom stereocenters. The molecule has 0 radical (unpaired) electrons. The molecule has 1 saturated heterocycles. The molecule has 7 nitrogen and oxygen atoms in total. The average molecular weight is 389 g/mol. The van der Waals surface area contributed by atoms with E-state index in [1.807, 2.05) is 17.9 Å². The van der Waals surface area contributed by atoms with Crippen molar-refractivity contribution in [3.63, 3.8) is 0 Å². The van der Waals surface area contributed by atoms with Crippen molar-refractivity contribution in [3.05, 3.63) is 62.7 Å². The number of aryl methyl sites for hydroxylation is 1. The Morgan fingerprint density at radius 1 is 1.15 bits per heavy atom.